The molecule has 0 saturated carbocycles. The van der Waals surface area contributed by atoms with Crippen LogP contribution in [0.25, 0.3) is 0 Å². The van der Waals surface area contributed by atoms with E-state index in [0.717, 1.165) is 59.5 Å². The summed E-state index contributed by atoms with van der Waals surface area (Å²) in [5.41, 5.74) is 3.14. The molecule has 0 spiro atoms. The van der Waals surface area contributed by atoms with Crippen LogP contribution in [0.5, 0.6) is 17.2 Å². The average molecular weight is 550 g/mol. The fraction of sp³-hybridized carbons (Fsp3) is 0.424. The Morgan fingerprint density at radius 1 is 0.590 bits per heavy atom. The van der Waals surface area contributed by atoms with Crippen molar-refractivity contribution in [3.05, 3.63) is 72.8 Å². The largest absolute Gasteiger partial charge is 0.497 e. The van der Waals surface area contributed by atoms with Crippen LogP contribution in [0.2, 0.25) is 0 Å². The van der Waals surface area contributed by atoms with Crippen molar-refractivity contribution in [3.63, 3.8) is 0 Å². The van der Waals surface area contributed by atoms with Gasteiger partial charge in [-0.15, -0.1) is 0 Å². The summed E-state index contributed by atoms with van der Waals surface area (Å²) in [7, 11) is 3.36. The van der Waals surface area contributed by atoms with Crippen LogP contribution in [0.3, 0.4) is 0 Å². The first kappa shape index (κ1) is 30.4. The first-order valence-electron chi connectivity index (χ1n) is 14.0. The lowest BCUT2D eigenvalue weighted by atomic mass is 10.1. The van der Waals surface area contributed by atoms with Gasteiger partial charge >= 0.3 is 0 Å². The smallest absolute Gasteiger partial charge is 0.185 e. The molecule has 0 fully saturated rings. The Morgan fingerprint density at radius 2 is 0.974 bits per heavy atom. The SMILES string of the molecule is COc1ccc(N(c2ccc(OC)cc2)c2ccc(OCCCCCCCCCCCSC(C)=O)cc2)cc1. The number of hydrogen-bond acceptors (Lipinski definition) is 6. The van der Waals surface area contributed by atoms with Crippen LogP contribution in [-0.4, -0.2) is 31.7 Å². The van der Waals surface area contributed by atoms with Crippen molar-refractivity contribution in [2.45, 2.75) is 64.7 Å². The minimum Gasteiger partial charge on any atom is -0.497 e. The molecule has 0 atom stereocenters. The van der Waals surface area contributed by atoms with Crippen LogP contribution in [-0.2, 0) is 4.79 Å². The van der Waals surface area contributed by atoms with E-state index in [9.17, 15) is 4.79 Å². The zero-order valence-electron chi connectivity index (χ0n) is 23.7. The number of carbonyl (C=O) groups is 1. The summed E-state index contributed by atoms with van der Waals surface area (Å²) in [6.07, 6.45) is 11.1. The Kier molecular flexibility index (Phi) is 13.6. The zero-order valence-corrected chi connectivity index (χ0v) is 24.5. The van der Waals surface area contributed by atoms with E-state index in [1.807, 2.05) is 36.4 Å². The van der Waals surface area contributed by atoms with E-state index in [2.05, 4.69) is 41.3 Å². The van der Waals surface area contributed by atoms with E-state index in [0.29, 0.717) is 0 Å². The third-order valence-corrected chi connectivity index (χ3v) is 7.52. The third-order valence-electron chi connectivity index (χ3n) is 6.62. The van der Waals surface area contributed by atoms with Crippen LogP contribution in [0.1, 0.15) is 64.7 Å². The number of benzene rings is 3. The summed E-state index contributed by atoms with van der Waals surface area (Å²) in [6, 6.07) is 24.4. The van der Waals surface area contributed by atoms with Crippen LogP contribution >= 0.6 is 11.8 Å². The summed E-state index contributed by atoms with van der Waals surface area (Å²) in [4.78, 5) is 13.1. The van der Waals surface area contributed by atoms with Crippen molar-refractivity contribution in [2.75, 3.05) is 31.5 Å². The molecule has 6 heteroatoms. The van der Waals surface area contributed by atoms with Gasteiger partial charge < -0.3 is 19.1 Å². The van der Waals surface area contributed by atoms with Gasteiger partial charge in [0.25, 0.3) is 0 Å². The number of carbonyl (C=O) groups excluding carboxylic acids is 1. The molecular formula is C33H43NO4S. The number of unbranched alkanes of at least 4 members (excludes halogenated alkanes) is 8. The van der Waals surface area contributed by atoms with E-state index in [-0.39, 0.29) is 5.12 Å². The molecule has 0 amide bonds. The van der Waals surface area contributed by atoms with E-state index < -0.39 is 0 Å². The van der Waals surface area contributed by atoms with Crippen molar-refractivity contribution >= 4 is 33.9 Å². The number of methoxy groups -OCH3 is 2. The molecule has 0 aliphatic heterocycles. The predicted molar refractivity (Wildman–Crippen MR) is 164 cm³/mol. The molecule has 5 nitrogen and oxygen atoms in total. The molecule has 0 saturated heterocycles. The van der Waals surface area contributed by atoms with Crippen molar-refractivity contribution < 1.29 is 19.0 Å². The van der Waals surface area contributed by atoms with Crippen molar-refractivity contribution in [1.82, 2.24) is 0 Å². The van der Waals surface area contributed by atoms with Crippen molar-refractivity contribution in [2.24, 2.45) is 0 Å². The number of hydrogen-bond donors (Lipinski definition) is 0. The van der Waals surface area contributed by atoms with Crippen molar-refractivity contribution in [1.29, 1.82) is 0 Å². The van der Waals surface area contributed by atoms with Gasteiger partial charge in [0.1, 0.15) is 17.2 Å². The summed E-state index contributed by atoms with van der Waals surface area (Å²) in [5.74, 6) is 3.52. The van der Waals surface area contributed by atoms with Crippen molar-refractivity contribution in [3.8, 4) is 17.2 Å². The maximum absolute atomic E-state index is 10.9. The minimum absolute atomic E-state index is 0.233. The molecule has 0 N–H and O–H groups in total. The maximum atomic E-state index is 10.9. The highest BCUT2D eigenvalue weighted by Crippen LogP contribution is 2.36. The van der Waals surface area contributed by atoms with Gasteiger partial charge in [-0.1, -0.05) is 56.7 Å². The first-order valence-corrected chi connectivity index (χ1v) is 15.0. The topological polar surface area (TPSA) is 48.0 Å². The second kappa shape index (κ2) is 17.5. The molecular weight excluding hydrogens is 506 g/mol. The minimum atomic E-state index is 0.233. The van der Waals surface area contributed by atoms with Crippen LogP contribution in [0, 0.1) is 0 Å². The fourth-order valence-electron chi connectivity index (χ4n) is 4.45. The standard InChI is InChI=1S/C33H43NO4S/c1-27(35)39-26-12-10-8-6-4-5-7-9-11-25-38-33-23-17-30(18-24-33)34(28-13-19-31(36-2)20-14-28)29-15-21-32(37-3)22-16-29/h13-24H,4-12,25-26H2,1-3H3. The highest BCUT2D eigenvalue weighted by Gasteiger charge is 2.13. The molecule has 210 valence electrons. The van der Waals surface area contributed by atoms with Gasteiger partial charge in [-0.25, -0.2) is 0 Å². The first-order chi connectivity index (χ1) is 19.1. The monoisotopic (exact) mass is 549 g/mol. The van der Waals surface area contributed by atoms with E-state index in [1.54, 1.807) is 21.1 Å². The lowest BCUT2D eigenvalue weighted by Gasteiger charge is -2.26. The Balaban J connectivity index is 1.42. The van der Waals surface area contributed by atoms with E-state index in [1.165, 1.54) is 56.7 Å². The second-order valence-electron chi connectivity index (χ2n) is 9.60. The molecule has 39 heavy (non-hydrogen) atoms. The van der Waals surface area contributed by atoms with Gasteiger partial charge in [0.2, 0.25) is 0 Å². The predicted octanol–water partition coefficient (Wildman–Crippen LogP) is 9.34. The third kappa shape index (κ3) is 10.9. The number of nitrogens with zero attached hydrogens (tertiary/aromatic N) is 1. The van der Waals surface area contributed by atoms with Crippen LogP contribution in [0.4, 0.5) is 17.1 Å². The highest BCUT2D eigenvalue weighted by atomic mass is 32.2. The fourth-order valence-corrected chi connectivity index (χ4v) is 5.08. The van der Waals surface area contributed by atoms with Crippen LogP contribution in [0.15, 0.2) is 72.8 Å². The van der Waals surface area contributed by atoms with Gasteiger partial charge in [0.05, 0.1) is 20.8 Å². The average Bonchev–Trinajstić information content (AvgIpc) is 2.97. The molecule has 3 aromatic carbocycles. The molecule has 0 unspecified atom stereocenters. The Hall–Kier alpha value is -3.12. The number of ether oxygens (including phenoxy) is 3. The Labute approximate surface area is 238 Å². The maximum Gasteiger partial charge on any atom is 0.185 e. The normalized spacial score (nSPS) is 10.7. The lowest BCUT2D eigenvalue weighted by molar-refractivity contribution is -0.109. The number of rotatable bonds is 18. The summed E-state index contributed by atoms with van der Waals surface area (Å²) >= 11 is 1.45. The van der Waals surface area contributed by atoms with Crippen LogP contribution < -0.4 is 19.1 Å². The molecule has 0 aromatic heterocycles. The van der Waals surface area contributed by atoms with Gasteiger partial charge in [0, 0.05) is 29.7 Å². The van der Waals surface area contributed by atoms with Gasteiger partial charge in [-0.05, 0) is 85.6 Å². The number of anilines is 3. The number of thioether (sulfide) groups is 1. The summed E-state index contributed by atoms with van der Waals surface area (Å²) < 4.78 is 16.7. The molecule has 0 aliphatic rings. The Morgan fingerprint density at radius 3 is 1.38 bits per heavy atom. The molecule has 0 bridgehead atoms. The Bertz CT molecular complexity index is 1040. The molecule has 3 aromatic rings. The molecule has 0 aliphatic carbocycles. The van der Waals surface area contributed by atoms with E-state index in [4.69, 9.17) is 14.2 Å². The second-order valence-corrected chi connectivity index (χ2v) is 10.9. The lowest BCUT2D eigenvalue weighted by Crippen LogP contribution is -2.10. The summed E-state index contributed by atoms with van der Waals surface area (Å²) in [6.45, 7) is 2.39. The quantitative estimate of drug-likeness (QED) is 0.147. The van der Waals surface area contributed by atoms with E-state index >= 15 is 0 Å². The molecule has 0 heterocycles. The molecule has 0 radical (unpaired) electrons. The summed E-state index contributed by atoms with van der Waals surface area (Å²) in [5, 5.41) is 0.233. The van der Waals surface area contributed by atoms with Gasteiger partial charge in [0.15, 0.2) is 5.12 Å². The molecule has 3 rings (SSSR count). The zero-order chi connectivity index (χ0) is 27.7. The van der Waals surface area contributed by atoms with Gasteiger partial charge in [-0.2, -0.15) is 0 Å². The van der Waals surface area contributed by atoms with Gasteiger partial charge in [-0.3, -0.25) is 4.79 Å². The highest BCUT2D eigenvalue weighted by molar-refractivity contribution is 8.13.